The van der Waals surface area contributed by atoms with Gasteiger partial charge in [0.25, 0.3) is 0 Å². The average molecular weight is 371 g/mol. The van der Waals surface area contributed by atoms with Gasteiger partial charge in [-0.3, -0.25) is 0 Å². The molecule has 4 nitrogen and oxygen atoms in total. The van der Waals surface area contributed by atoms with Crippen LogP contribution in [0.1, 0.15) is 35.5 Å². The van der Waals surface area contributed by atoms with Crippen molar-refractivity contribution in [3.63, 3.8) is 0 Å². The van der Waals surface area contributed by atoms with E-state index in [0.717, 1.165) is 28.3 Å². The Hall–Kier alpha value is -2.30. The first-order valence-electron chi connectivity index (χ1n) is 8.65. The van der Waals surface area contributed by atoms with Crippen molar-refractivity contribution in [1.82, 2.24) is 9.55 Å². The second-order valence-corrected chi connectivity index (χ2v) is 6.57. The summed E-state index contributed by atoms with van der Waals surface area (Å²) in [5.41, 5.74) is 3.15. The maximum Gasteiger partial charge on any atom is 0.142 e. The fraction of sp³-hybridized carbons (Fsp3) is 0.286. The molecule has 0 fully saturated rings. The fourth-order valence-electron chi connectivity index (χ4n) is 2.95. The van der Waals surface area contributed by atoms with Gasteiger partial charge in [0.05, 0.1) is 0 Å². The van der Waals surface area contributed by atoms with Gasteiger partial charge in [0.15, 0.2) is 0 Å². The number of hydrogen-bond donors (Lipinski definition) is 0. The lowest BCUT2D eigenvalue weighted by Gasteiger charge is -2.21. The smallest absolute Gasteiger partial charge is 0.142 e. The van der Waals surface area contributed by atoms with Gasteiger partial charge in [-0.1, -0.05) is 35.9 Å². The fourth-order valence-corrected chi connectivity index (χ4v) is 3.18. The molecule has 0 aliphatic carbocycles. The van der Waals surface area contributed by atoms with E-state index < -0.39 is 0 Å². The highest BCUT2D eigenvalue weighted by Gasteiger charge is 2.21. The summed E-state index contributed by atoms with van der Waals surface area (Å²) in [6.07, 6.45) is 3.49. The summed E-state index contributed by atoms with van der Waals surface area (Å²) >= 11 is 6.03. The van der Waals surface area contributed by atoms with Crippen LogP contribution in [-0.4, -0.2) is 16.2 Å². The molecule has 5 heteroatoms. The predicted molar refractivity (Wildman–Crippen MR) is 104 cm³/mol. The molecule has 0 saturated carbocycles. The summed E-state index contributed by atoms with van der Waals surface area (Å²) in [5, 5.41) is 0.710. The first-order valence-corrected chi connectivity index (χ1v) is 9.03. The van der Waals surface area contributed by atoms with Crippen LogP contribution >= 0.6 is 11.6 Å². The molecule has 1 atom stereocenters. The van der Waals surface area contributed by atoms with Crippen molar-refractivity contribution in [2.45, 2.75) is 26.6 Å². The number of rotatable bonds is 7. The summed E-state index contributed by atoms with van der Waals surface area (Å²) in [6, 6.07) is 13.8. The molecule has 0 radical (unpaired) electrons. The Kier molecular flexibility index (Phi) is 5.96. The van der Waals surface area contributed by atoms with Crippen LogP contribution in [0.4, 0.5) is 0 Å². The number of hydrogen-bond acceptors (Lipinski definition) is 3. The number of halogens is 1. The minimum Gasteiger partial charge on any atom is -0.489 e. The number of aryl methyl sites for hydroxylation is 2. The Morgan fingerprint density at radius 1 is 1.19 bits per heavy atom. The summed E-state index contributed by atoms with van der Waals surface area (Å²) < 4.78 is 14.1. The van der Waals surface area contributed by atoms with Gasteiger partial charge in [0.2, 0.25) is 0 Å². The van der Waals surface area contributed by atoms with E-state index in [2.05, 4.69) is 17.1 Å². The van der Waals surface area contributed by atoms with E-state index >= 15 is 0 Å². The molecule has 0 saturated heterocycles. The molecule has 2 aromatic carbocycles. The molecule has 0 bridgehead atoms. The molecular weight excluding hydrogens is 348 g/mol. The van der Waals surface area contributed by atoms with Crippen LogP contribution in [0.3, 0.4) is 0 Å². The van der Waals surface area contributed by atoms with Crippen LogP contribution in [0, 0.1) is 6.92 Å². The molecule has 3 rings (SSSR count). The van der Waals surface area contributed by atoms with Gasteiger partial charge in [-0.15, -0.1) is 0 Å². The molecule has 1 unspecified atom stereocenters. The lowest BCUT2D eigenvalue weighted by molar-refractivity contribution is 0.0818. The highest BCUT2D eigenvalue weighted by atomic mass is 35.5. The van der Waals surface area contributed by atoms with Crippen molar-refractivity contribution < 1.29 is 9.47 Å². The van der Waals surface area contributed by atoms with E-state index in [-0.39, 0.29) is 6.10 Å². The van der Waals surface area contributed by atoms with E-state index in [1.54, 1.807) is 6.20 Å². The number of imidazole rings is 1. The molecule has 3 aromatic rings. The average Bonchev–Trinajstić information content (AvgIpc) is 3.05. The minimum absolute atomic E-state index is 0.230. The molecule has 0 aliphatic heterocycles. The molecule has 136 valence electrons. The monoisotopic (exact) mass is 370 g/mol. The van der Waals surface area contributed by atoms with E-state index in [1.807, 2.05) is 62.0 Å². The molecule has 1 heterocycles. The zero-order chi connectivity index (χ0) is 18.5. The van der Waals surface area contributed by atoms with Gasteiger partial charge in [-0.2, -0.15) is 0 Å². The van der Waals surface area contributed by atoms with Crippen LogP contribution in [0.25, 0.3) is 0 Å². The Morgan fingerprint density at radius 3 is 2.69 bits per heavy atom. The van der Waals surface area contributed by atoms with Crippen LogP contribution in [0.2, 0.25) is 5.02 Å². The molecule has 1 aromatic heterocycles. The Balaban J connectivity index is 1.88. The van der Waals surface area contributed by atoms with Crippen LogP contribution in [-0.2, 0) is 18.4 Å². The van der Waals surface area contributed by atoms with Gasteiger partial charge in [0, 0.05) is 31.1 Å². The van der Waals surface area contributed by atoms with Crippen molar-refractivity contribution in [3.8, 4) is 5.75 Å². The van der Waals surface area contributed by atoms with E-state index in [1.165, 1.54) is 0 Å². The Morgan fingerprint density at radius 2 is 2.00 bits per heavy atom. The topological polar surface area (TPSA) is 36.3 Å². The zero-order valence-corrected chi connectivity index (χ0v) is 16.0. The normalized spacial score (nSPS) is 12.2. The van der Waals surface area contributed by atoms with Crippen LogP contribution < -0.4 is 4.74 Å². The predicted octanol–water partition coefficient (Wildman–Crippen LogP) is 5.09. The summed E-state index contributed by atoms with van der Waals surface area (Å²) in [4.78, 5) is 4.48. The standard InChI is InChI=1S/C21H23ClN2O2/c1-4-25-20(21-23-11-12-24(21)3)18-8-6-5-7-16(18)14-26-19-10-9-17(22)13-15(19)2/h5-13,20H,4,14H2,1-3H3. The maximum absolute atomic E-state index is 6.05. The third kappa shape index (κ3) is 4.09. The summed E-state index contributed by atoms with van der Waals surface area (Å²) in [5.74, 6) is 1.70. The van der Waals surface area contributed by atoms with E-state index in [4.69, 9.17) is 21.1 Å². The van der Waals surface area contributed by atoms with Gasteiger partial charge < -0.3 is 14.0 Å². The Bertz CT molecular complexity index is 876. The molecule has 0 aliphatic rings. The molecule has 0 spiro atoms. The summed E-state index contributed by atoms with van der Waals surface area (Å²) in [7, 11) is 1.98. The number of ether oxygens (including phenoxy) is 2. The quantitative estimate of drug-likeness (QED) is 0.581. The lowest BCUT2D eigenvalue weighted by Crippen LogP contribution is -2.14. The second-order valence-electron chi connectivity index (χ2n) is 6.13. The first kappa shape index (κ1) is 18.5. The molecule has 0 N–H and O–H groups in total. The van der Waals surface area contributed by atoms with Crippen molar-refractivity contribution in [2.75, 3.05) is 6.61 Å². The van der Waals surface area contributed by atoms with Crippen molar-refractivity contribution >= 4 is 11.6 Å². The lowest BCUT2D eigenvalue weighted by atomic mass is 10.0. The first-order chi connectivity index (χ1) is 12.6. The number of aromatic nitrogens is 2. The second kappa shape index (κ2) is 8.39. The van der Waals surface area contributed by atoms with Crippen molar-refractivity contribution in [1.29, 1.82) is 0 Å². The Labute approximate surface area is 159 Å². The van der Waals surface area contributed by atoms with Crippen molar-refractivity contribution in [3.05, 3.63) is 82.4 Å². The number of benzene rings is 2. The van der Waals surface area contributed by atoms with Gasteiger partial charge in [-0.05, 0) is 48.7 Å². The van der Waals surface area contributed by atoms with E-state index in [0.29, 0.717) is 18.2 Å². The largest absolute Gasteiger partial charge is 0.489 e. The summed E-state index contributed by atoms with van der Waals surface area (Å²) in [6.45, 7) is 5.03. The third-order valence-corrected chi connectivity index (χ3v) is 4.52. The molecule has 0 amide bonds. The van der Waals surface area contributed by atoms with Crippen molar-refractivity contribution in [2.24, 2.45) is 7.05 Å². The number of nitrogens with zero attached hydrogens (tertiary/aromatic N) is 2. The minimum atomic E-state index is -0.230. The van der Waals surface area contributed by atoms with Gasteiger partial charge in [0.1, 0.15) is 24.3 Å². The molecular formula is C21H23ClN2O2. The SMILES string of the molecule is CCOC(c1ccccc1COc1ccc(Cl)cc1C)c1nccn1C. The van der Waals surface area contributed by atoms with Crippen LogP contribution in [0.5, 0.6) is 5.75 Å². The van der Waals surface area contributed by atoms with E-state index in [9.17, 15) is 0 Å². The maximum atomic E-state index is 6.05. The molecule has 26 heavy (non-hydrogen) atoms. The third-order valence-electron chi connectivity index (χ3n) is 4.28. The van der Waals surface area contributed by atoms with Gasteiger partial charge >= 0.3 is 0 Å². The zero-order valence-electron chi connectivity index (χ0n) is 15.3. The highest BCUT2D eigenvalue weighted by Crippen LogP contribution is 2.29. The van der Waals surface area contributed by atoms with Crippen LogP contribution in [0.15, 0.2) is 54.9 Å². The highest BCUT2D eigenvalue weighted by molar-refractivity contribution is 6.30. The van der Waals surface area contributed by atoms with Gasteiger partial charge in [-0.25, -0.2) is 4.98 Å².